The Morgan fingerprint density at radius 1 is 1.15 bits per heavy atom. The van der Waals surface area contributed by atoms with Crippen LogP contribution in [-0.4, -0.2) is 45.6 Å². The van der Waals surface area contributed by atoms with Crippen LogP contribution >= 0.6 is 11.6 Å². The molecule has 0 unspecified atom stereocenters. The molecule has 1 aromatic heterocycles. The number of likely N-dealkylation sites (tertiary alicyclic amines) is 1. The topological polar surface area (TPSA) is 67.2 Å². The lowest BCUT2D eigenvalue weighted by molar-refractivity contribution is -0.134. The van der Waals surface area contributed by atoms with Gasteiger partial charge in [-0.25, -0.2) is 4.68 Å². The summed E-state index contributed by atoms with van der Waals surface area (Å²) in [5.41, 5.74) is 1.75. The number of carbonyl (C=O) groups is 2. The fourth-order valence-electron chi connectivity index (χ4n) is 3.67. The standard InChI is InChI=1S/C20H23ClN4O2/c1-14(19(27)24-10-8-20(6-7-20)9-11-24)23-18(26)15-12-22-25(13-15)17-4-2-16(21)3-5-17/h2-5,12-14H,6-11H2,1H3,(H,23,26)/t14-/m1/s1. The van der Waals surface area contributed by atoms with Gasteiger partial charge in [-0.05, 0) is 62.3 Å². The van der Waals surface area contributed by atoms with E-state index in [0.29, 0.717) is 16.0 Å². The Hall–Kier alpha value is -2.34. The van der Waals surface area contributed by atoms with Gasteiger partial charge in [0.15, 0.2) is 0 Å². The first-order valence-electron chi connectivity index (χ1n) is 9.36. The monoisotopic (exact) mass is 386 g/mol. The molecule has 7 heteroatoms. The van der Waals surface area contributed by atoms with Crippen LogP contribution in [0, 0.1) is 5.41 Å². The molecule has 4 rings (SSSR count). The van der Waals surface area contributed by atoms with E-state index in [1.807, 2.05) is 17.0 Å². The molecule has 0 radical (unpaired) electrons. The summed E-state index contributed by atoms with van der Waals surface area (Å²) in [6.07, 6.45) is 7.94. The largest absolute Gasteiger partial charge is 0.341 e. The van der Waals surface area contributed by atoms with Gasteiger partial charge in [0.25, 0.3) is 5.91 Å². The van der Waals surface area contributed by atoms with Gasteiger partial charge in [-0.15, -0.1) is 0 Å². The molecule has 2 heterocycles. The summed E-state index contributed by atoms with van der Waals surface area (Å²) in [6, 6.07) is 6.63. The number of piperidine rings is 1. The van der Waals surface area contributed by atoms with Gasteiger partial charge < -0.3 is 10.2 Å². The van der Waals surface area contributed by atoms with Crippen molar-refractivity contribution in [1.29, 1.82) is 0 Å². The zero-order valence-corrected chi connectivity index (χ0v) is 16.1. The fraction of sp³-hybridized carbons (Fsp3) is 0.450. The first-order chi connectivity index (χ1) is 13.0. The molecule has 1 saturated carbocycles. The summed E-state index contributed by atoms with van der Waals surface area (Å²) in [4.78, 5) is 27.0. The van der Waals surface area contributed by atoms with E-state index in [9.17, 15) is 9.59 Å². The van der Waals surface area contributed by atoms with Crippen LogP contribution in [0.15, 0.2) is 36.7 Å². The van der Waals surface area contributed by atoms with E-state index in [2.05, 4.69) is 10.4 Å². The second kappa shape index (κ2) is 7.00. The number of halogens is 1. The van der Waals surface area contributed by atoms with Crippen molar-refractivity contribution < 1.29 is 9.59 Å². The molecule has 1 N–H and O–H groups in total. The quantitative estimate of drug-likeness (QED) is 0.878. The van der Waals surface area contributed by atoms with Crippen molar-refractivity contribution in [2.75, 3.05) is 13.1 Å². The van der Waals surface area contributed by atoms with Gasteiger partial charge >= 0.3 is 0 Å². The third kappa shape index (κ3) is 3.86. The molecule has 1 spiro atoms. The third-order valence-corrected chi connectivity index (χ3v) is 6.00. The normalized spacial score (nSPS) is 19.0. The van der Waals surface area contributed by atoms with E-state index in [4.69, 9.17) is 11.6 Å². The molecule has 6 nitrogen and oxygen atoms in total. The third-order valence-electron chi connectivity index (χ3n) is 5.75. The molecule has 2 aliphatic rings. The van der Waals surface area contributed by atoms with E-state index in [0.717, 1.165) is 31.6 Å². The molecule has 142 valence electrons. The first-order valence-corrected chi connectivity index (χ1v) is 9.74. The number of carbonyl (C=O) groups excluding carboxylic acids is 2. The van der Waals surface area contributed by atoms with Crippen LogP contribution in [0.1, 0.15) is 43.0 Å². The van der Waals surface area contributed by atoms with Crippen LogP contribution < -0.4 is 5.32 Å². The Labute approximate surface area is 163 Å². The van der Waals surface area contributed by atoms with Gasteiger partial charge in [0.1, 0.15) is 6.04 Å². The molecule has 1 atom stereocenters. The summed E-state index contributed by atoms with van der Waals surface area (Å²) in [5, 5.41) is 7.66. The van der Waals surface area contributed by atoms with Gasteiger partial charge in [0, 0.05) is 24.3 Å². The number of nitrogens with zero attached hydrogens (tertiary/aromatic N) is 3. The minimum absolute atomic E-state index is 0.0102. The van der Waals surface area contributed by atoms with Crippen LogP contribution in [0.4, 0.5) is 0 Å². The number of aromatic nitrogens is 2. The fourth-order valence-corrected chi connectivity index (χ4v) is 3.79. The van der Waals surface area contributed by atoms with E-state index >= 15 is 0 Å². The molecule has 1 saturated heterocycles. The molecular formula is C20H23ClN4O2. The Kier molecular flexibility index (Phi) is 4.68. The van der Waals surface area contributed by atoms with Crippen LogP contribution in [-0.2, 0) is 4.79 Å². The number of hydrogen-bond acceptors (Lipinski definition) is 3. The molecule has 2 amide bonds. The number of nitrogens with one attached hydrogen (secondary N) is 1. The lowest BCUT2D eigenvalue weighted by Gasteiger charge is -2.33. The molecule has 27 heavy (non-hydrogen) atoms. The molecule has 1 aromatic carbocycles. The Morgan fingerprint density at radius 3 is 2.44 bits per heavy atom. The van der Waals surface area contributed by atoms with Gasteiger partial charge in [0.2, 0.25) is 5.91 Å². The van der Waals surface area contributed by atoms with Crippen LogP contribution in [0.5, 0.6) is 0 Å². The lowest BCUT2D eigenvalue weighted by atomic mass is 9.93. The molecule has 1 aliphatic heterocycles. The van der Waals surface area contributed by atoms with Gasteiger partial charge in [-0.2, -0.15) is 5.10 Å². The number of benzene rings is 1. The SMILES string of the molecule is C[C@@H](NC(=O)c1cnn(-c2ccc(Cl)cc2)c1)C(=O)N1CCC2(CC1)CC2. The highest BCUT2D eigenvalue weighted by molar-refractivity contribution is 6.30. The van der Waals surface area contributed by atoms with Crippen molar-refractivity contribution in [1.82, 2.24) is 20.0 Å². The molecule has 0 bridgehead atoms. The predicted octanol–water partition coefficient (Wildman–Crippen LogP) is 3.05. The van der Waals surface area contributed by atoms with E-state index in [1.54, 1.807) is 29.9 Å². The Balaban J connectivity index is 1.35. The minimum Gasteiger partial charge on any atom is -0.341 e. The van der Waals surface area contributed by atoms with E-state index < -0.39 is 6.04 Å². The van der Waals surface area contributed by atoms with Crippen LogP contribution in [0.3, 0.4) is 0 Å². The van der Waals surface area contributed by atoms with E-state index in [1.165, 1.54) is 19.0 Å². The van der Waals surface area contributed by atoms with Gasteiger partial charge in [0.05, 0.1) is 17.4 Å². The number of rotatable bonds is 4. The van der Waals surface area contributed by atoms with Crippen LogP contribution in [0.2, 0.25) is 5.02 Å². The van der Waals surface area contributed by atoms with Crippen molar-refractivity contribution >= 4 is 23.4 Å². The molecule has 2 aromatic rings. The maximum atomic E-state index is 12.6. The highest BCUT2D eigenvalue weighted by Gasteiger charge is 2.45. The van der Waals surface area contributed by atoms with Crippen molar-refractivity contribution in [2.24, 2.45) is 5.41 Å². The second-order valence-electron chi connectivity index (χ2n) is 7.67. The molecular weight excluding hydrogens is 364 g/mol. The predicted molar refractivity (Wildman–Crippen MR) is 103 cm³/mol. The summed E-state index contributed by atoms with van der Waals surface area (Å²) in [7, 11) is 0. The lowest BCUT2D eigenvalue weighted by Crippen LogP contribution is -2.49. The summed E-state index contributed by atoms with van der Waals surface area (Å²) >= 11 is 5.90. The van der Waals surface area contributed by atoms with Gasteiger partial charge in [-0.1, -0.05) is 11.6 Å². The van der Waals surface area contributed by atoms with Crippen molar-refractivity contribution in [2.45, 2.75) is 38.6 Å². The highest BCUT2D eigenvalue weighted by atomic mass is 35.5. The van der Waals surface area contributed by atoms with Crippen molar-refractivity contribution in [3.8, 4) is 5.69 Å². The average molecular weight is 387 g/mol. The zero-order valence-electron chi connectivity index (χ0n) is 15.3. The number of hydrogen-bond donors (Lipinski definition) is 1. The maximum Gasteiger partial charge on any atom is 0.255 e. The van der Waals surface area contributed by atoms with Crippen molar-refractivity contribution in [3.63, 3.8) is 0 Å². The Bertz CT molecular complexity index is 847. The van der Waals surface area contributed by atoms with Crippen molar-refractivity contribution in [3.05, 3.63) is 47.2 Å². The minimum atomic E-state index is -0.551. The molecule has 1 aliphatic carbocycles. The van der Waals surface area contributed by atoms with Gasteiger partial charge in [-0.3, -0.25) is 9.59 Å². The highest BCUT2D eigenvalue weighted by Crippen LogP contribution is 2.53. The first kappa shape index (κ1) is 18.0. The summed E-state index contributed by atoms with van der Waals surface area (Å²) in [5.74, 6) is -0.310. The summed E-state index contributed by atoms with van der Waals surface area (Å²) < 4.78 is 1.61. The Morgan fingerprint density at radius 2 is 1.81 bits per heavy atom. The average Bonchev–Trinajstić information content (AvgIpc) is 3.23. The molecule has 2 fully saturated rings. The maximum absolute atomic E-state index is 12.6. The smallest absolute Gasteiger partial charge is 0.255 e. The van der Waals surface area contributed by atoms with E-state index in [-0.39, 0.29) is 11.8 Å². The second-order valence-corrected chi connectivity index (χ2v) is 8.11. The number of amides is 2. The van der Waals surface area contributed by atoms with Crippen LogP contribution in [0.25, 0.3) is 5.69 Å². The summed E-state index contributed by atoms with van der Waals surface area (Å²) in [6.45, 7) is 3.34. The zero-order chi connectivity index (χ0) is 19.0.